The highest BCUT2D eigenvalue weighted by Crippen LogP contribution is 2.37. The second-order valence-corrected chi connectivity index (χ2v) is 8.84. The van der Waals surface area contributed by atoms with Crippen molar-refractivity contribution in [3.05, 3.63) is 23.8 Å². The topological polar surface area (TPSA) is 71.1 Å². The summed E-state index contributed by atoms with van der Waals surface area (Å²) in [6.07, 6.45) is 4.29. The Morgan fingerprint density at radius 3 is 2.70 bits per heavy atom. The lowest BCUT2D eigenvalue weighted by Gasteiger charge is -2.35. The molecule has 1 aromatic rings. The van der Waals surface area contributed by atoms with Gasteiger partial charge in [-0.25, -0.2) is 0 Å². The minimum Gasteiger partial charge on any atom is -0.497 e. The molecule has 0 bridgehead atoms. The number of fused-ring (bicyclic) bond motifs is 1. The molecule has 2 fully saturated rings. The van der Waals surface area contributed by atoms with E-state index in [0.717, 1.165) is 68.8 Å². The maximum atomic E-state index is 13.1. The quantitative estimate of drug-likeness (QED) is 0.802. The Balaban J connectivity index is 1.54. The van der Waals surface area contributed by atoms with Crippen molar-refractivity contribution in [3.63, 3.8) is 0 Å². The Morgan fingerprint density at radius 1 is 1.17 bits per heavy atom. The van der Waals surface area contributed by atoms with E-state index in [1.54, 1.807) is 14.0 Å². The number of piperidine rings is 1. The zero-order valence-corrected chi connectivity index (χ0v) is 18.1. The van der Waals surface area contributed by atoms with Crippen LogP contribution in [-0.2, 0) is 16.1 Å². The van der Waals surface area contributed by atoms with Crippen molar-refractivity contribution in [2.24, 2.45) is 5.92 Å². The van der Waals surface area contributed by atoms with Crippen molar-refractivity contribution in [1.82, 2.24) is 15.1 Å². The molecular weight excluding hydrogens is 382 g/mol. The van der Waals surface area contributed by atoms with Crippen molar-refractivity contribution in [1.29, 1.82) is 0 Å². The number of ether oxygens (including phenoxy) is 2. The number of hydrogen-bond acceptors (Lipinski definition) is 5. The van der Waals surface area contributed by atoms with E-state index in [1.165, 1.54) is 0 Å². The van der Waals surface area contributed by atoms with Crippen molar-refractivity contribution in [2.45, 2.75) is 51.2 Å². The van der Waals surface area contributed by atoms with Gasteiger partial charge in [-0.1, -0.05) is 0 Å². The smallest absolute Gasteiger partial charge is 0.225 e. The molecule has 164 valence electrons. The summed E-state index contributed by atoms with van der Waals surface area (Å²) in [5.41, 5.74) is 0.502. The molecule has 1 spiro atoms. The van der Waals surface area contributed by atoms with Crippen LogP contribution in [-0.4, -0.2) is 67.0 Å². The third kappa shape index (κ3) is 4.41. The highest BCUT2D eigenvalue weighted by Gasteiger charge is 2.41. The maximum Gasteiger partial charge on any atom is 0.225 e. The third-order valence-electron chi connectivity index (χ3n) is 6.78. The van der Waals surface area contributed by atoms with Crippen molar-refractivity contribution >= 4 is 11.8 Å². The second-order valence-electron chi connectivity index (χ2n) is 8.84. The number of hydrogen-bond donors (Lipinski definition) is 1. The van der Waals surface area contributed by atoms with Gasteiger partial charge in [0.2, 0.25) is 11.8 Å². The zero-order chi connectivity index (χ0) is 21.1. The summed E-state index contributed by atoms with van der Waals surface area (Å²) < 4.78 is 12.0. The molecule has 0 radical (unpaired) electrons. The molecule has 1 unspecified atom stereocenters. The van der Waals surface area contributed by atoms with Gasteiger partial charge in [0.05, 0.1) is 13.7 Å². The predicted octanol–water partition coefficient (Wildman–Crippen LogP) is 2.19. The summed E-state index contributed by atoms with van der Waals surface area (Å²) in [4.78, 5) is 29.3. The number of nitrogens with zero attached hydrogens (tertiary/aromatic N) is 2. The van der Waals surface area contributed by atoms with Gasteiger partial charge in [0.15, 0.2) is 0 Å². The van der Waals surface area contributed by atoms with Gasteiger partial charge < -0.3 is 24.6 Å². The molecule has 0 saturated carbocycles. The van der Waals surface area contributed by atoms with Crippen LogP contribution in [0.4, 0.5) is 0 Å². The van der Waals surface area contributed by atoms with Crippen LogP contribution in [0.25, 0.3) is 0 Å². The lowest BCUT2D eigenvalue weighted by atomic mass is 9.93. The van der Waals surface area contributed by atoms with Gasteiger partial charge in [0.25, 0.3) is 0 Å². The normalized spacial score (nSPS) is 25.1. The molecular formula is C23H33N3O4. The first-order valence-corrected chi connectivity index (χ1v) is 11.1. The fourth-order valence-electron chi connectivity index (χ4n) is 4.98. The van der Waals surface area contributed by atoms with E-state index in [9.17, 15) is 9.59 Å². The Labute approximate surface area is 178 Å². The molecule has 4 rings (SSSR count). The van der Waals surface area contributed by atoms with Gasteiger partial charge in [-0.2, -0.15) is 0 Å². The van der Waals surface area contributed by atoms with Gasteiger partial charge in [-0.15, -0.1) is 0 Å². The van der Waals surface area contributed by atoms with E-state index < -0.39 is 5.60 Å². The number of amides is 2. The number of carbonyl (C=O) groups excluding carboxylic acids is 2. The maximum absolute atomic E-state index is 13.1. The van der Waals surface area contributed by atoms with E-state index in [2.05, 4.69) is 5.32 Å². The van der Waals surface area contributed by atoms with E-state index in [0.29, 0.717) is 19.6 Å². The van der Waals surface area contributed by atoms with E-state index in [1.807, 2.05) is 28.0 Å². The van der Waals surface area contributed by atoms with Gasteiger partial charge >= 0.3 is 0 Å². The lowest BCUT2D eigenvalue weighted by Crippen LogP contribution is -2.48. The fraction of sp³-hybridized carbons (Fsp3) is 0.652. The van der Waals surface area contributed by atoms with Crippen LogP contribution in [0.3, 0.4) is 0 Å². The van der Waals surface area contributed by atoms with Crippen molar-refractivity contribution in [2.75, 3.05) is 39.8 Å². The number of carbonyl (C=O) groups is 2. The van der Waals surface area contributed by atoms with Crippen LogP contribution in [0.15, 0.2) is 18.2 Å². The molecule has 2 saturated heterocycles. The Morgan fingerprint density at radius 2 is 1.97 bits per heavy atom. The highest BCUT2D eigenvalue weighted by atomic mass is 16.5. The number of methoxy groups -OCH3 is 1. The molecule has 0 aliphatic carbocycles. The fourth-order valence-corrected chi connectivity index (χ4v) is 4.98. The van der Waals surface area contributed by atoms with E-state index in [-0.39, 0.29) is 17.7 Å². The van der Waals surface area contributed by atoms with Crippen molar-refractivity contribution in [3.8, 4) is 11.5 Å². The number of nitrogens with one attached hydrogen (secondary N) is 1. The SMILES string of the molecule is COc1ccc2c(c1)CN(C(C)=O)CC1(CCCN(C(=O)C3CCNCC3)CC1)O2. The van der Waals surface area contributed by atoms with E-state index in [4.69, 9.17) is 9.47 Å². The van der Waals surface area contributed by atoms with Crippen LogP contribution >= 0.6 is 0 Å². The molecule has 1 N–H and O–H groups in total. The summed E-state index contributed by atoms with van der Waals surface area (Å²) in [6, 6.07) is 5.80. The highest BCUT2D eigenvalue weighted by molar-refractivity contribution is 5.79. The molecule has 2 amide bonds. The summed E-state index contributed by atoms with van der Waals surface area (Å²) in [5.74, 6) is 2.04. The van der Waals surface area contributed by atoms with Crippen LogP contribution in [0.1, 0.15) is 44.6 Å². The lowest BCUT2D eigenvalue weighted by molar-refractivity contribution is -0.137. The van der Waals surface area contributed by atoms with Crippen LogP contribution < -0.4 is 14.8 Å². The molecule has 3 aliphatic rings. The molecule has 3 heterocycles. The summed E-state index contributed by atoms with van der Waals surface area (Å²) in [6.45, 7) is 5.97. The number of benzene rings is 1. The minimum atomic E-state index is -0.464. The zero-order valence-electron chi connectivity index (χ0n) is 18.1. The summed E-state index contributed by atoms with van der Waals surface area (Å²) >= 11 is 0. The molecule has 7 nitrogen and oxygen atoms in total. The molecule has 7 heteroatoms. The Kier molecular flexibility index (Phi) is 6.18. The van der Waals surface area contributed by atoms with Gasteiger partial charge in [-0.3, -0.25) is 9.59 Å². The van der Waals surface area contributed by atoms with Crippen LogP contribution in [0, 0.1) is 5.92 Å². The second kappa shape index (κ2) is 8.84. The van der Waals surface area contributed by atoms with Crippen molar-refractivity contribution < 1.29 is 19.1 Å². The number of likely N-dealkylation sites (tertiary alicyclic amines) is 1. The molecule has 30 heavy (non-hydrogen) atoms. The average Bonchev–Trinajstić information content (AvgIpc) is 3.06. The molecule has 3 aliphatic heterocycles. The van der Waals surface area contributed by atoms with Crippen LogP contribution in [0.2, 0.25) is 0 Å². The predicted molar refractivity (Wildman–Crippen MR) is 113 cm³/mol. The number of rotatable bonds is 2. The molecule has 1 aromatic carbocycles. The summed E-state index contributed by atoms with van der Waals surface area (Å²) in [7, 11) is 1.64. The first-order chi connectivity index (χ1) is 14.5. The minimum absolute atomic E-state index is 0.0422. The van der Waals surface area contributed by atoms with E-state index >= 15 is 0 Å². The van der Waals surface area contributed by atoms with Gasteiger partial charge in [0, 0.05) is 44.5 Å². The first-order valence-electron chi connectivity index (χ1n) is 11.1. The van der Waals surface area contributed by atoms with Crippen LogP contribution in [0.5, 0.6) is 11.5 Å². The molecule has 1 atom stereocenters. The van der Waals surface area contributed by atoms with Gasteiger partial charge in [-0.05, 0) is 57.0 Å². The third-order valence-corrected chi connectivity index (χ3v) is 6.78. The standard InChI is InChI=1S/C23H33N3O4/c1-17(27)26-15-19-14-20(29-2)4-5-21(19)30-23(16-26)8-3-12-25(13-9-23)22(28)18-6-10-24-11-7-18/h4-5,14,18,24H,3,6-13,15-16H2,1-2H3. The Hall–Kier alpha value is -2.28. The average molecular weight is 416 g/mol. The Bertz CT molecular complexity index is 793. The molecule has 0 aromatic heterocycles. The van der Waals surface area contributed by atoms with Gasteiger partial charge in [0.1, 0.15) is 17.1 Å². The summed E-state index contributed by atoms with van der Waals surface area (Å²) in [5, 5.41) is 3.33. The first kappa shape index (κ1) is 21.0. The largest absolute Gasteiger partial charge is 0.497 e. The monoisotopic (exact) mass is 415 g/mol.